The van der Waals surface area contributed by atoms with Crippen LogP contribution in [0.3, 0.4) is 0 Å². The number of sulfone groups is 1. The van der Waals surface area contributed by atoms with Crippen molar-refractivity contribution in [3.05, 3.63) is 93.3 Å². The van der Waals surface area contributed by atoms with Crippen LogP contribution >= 0.6 is 22.9 Å². The fraction of sp³-hybridized carbons (Fsp3) is 0.115. The molecule has 0 bridgehead atoms. The largest absolute Gasteiger partial charge is 0.487 e. The standard InChI is InChI=1S/C26H22ClN3O5S2/c1-28-26(32)24-20(23-21(9-6-10-29-23)35-15-16-7-4-3-5-8-16)14-22(36-24)25(31)30-18-11-17(27)12-19(13-18)37(2,33)34/h3-14H,15H2,1-2H3,(H,28,32)(H,30,31). The molecule has 0 unspecified atom stereocenters. The first-order valence-electron chi connectivity index (χ1n) is 11.0. The first kappa shape index (κ1) is 26.3. The molecule has 0 saturated heterocycles. The van der Waals surface area contributed by atoms with E-state index in [0.29, 0.717) is 23.6 Å². The molecular formula is C26H22ClN3O5S2. The van der Waals surface area contributed by atoms with Gasteiger partial charge in [0.25, 0.3) is 11.8 Å². The predicted octanol–water partition coefficient (Wildman–Crippen LogP) is 5.06. The average Bonchev–Trinajstić information content (AvgIpc) is 3.32. The predicted molar refractivity (Wildman–Crippen MR) is 144 cm³/mol. The number of amides is 2. The van der Waals surface area contributed by atoms with Crippen LogP contribution in [-0.4, -0.2) is 38.5 Å². The van der Waals surface area contributed by atoms with Gasteiger partial charge in [-0.2, -0.15) is 0 Å². The fourth-order valence-corrected chi connectivity index (χ4v) is 5.43. The second-order valence-electron chi connectivity index (χ2n) is 7.96. The Kier molecular flexibility index (Phi) is 7.91. The number of nitrogens with one attached hydrogen (secondary N) is 2. The molecule has 0 saturated carbocycles. The minimum atomic E-state index is -3.54. The van der Waals surface area contributed by atoms with E-state index in [1.165, 1.54) is 25.2 Å². The van der Waals surface area contributed by atoms with Gasteiger partial charge in [-0.3, -0.25) is 14.6 Å². The highest BCUT2D eigenvalue weighted by atomic mass is 35.5. The molecular weight excluding hydrogens is 534 g/mol. The van der Waals surface area contributed by atoms with E-state index in [2.05, 4.69) is 15.6 Å². The third kappa shape index (κ3) is 6.34. The van der Waals surface area contributed by atoms with Crippen LogP contribution in [-0.2, 0) is 16.4 Å². The van der Waals surface area contributed by atoms with Gasteiger partial charge in [0.15, 0.2) is 9.84 Å². The summed E-state index contributed by atoms with van der Waals surface area (Å²) in [7, 11) is -2.04. The van der Waals surface area contributed by atoms with Gasteiger partial charge in [0.2, 0.25) is 0 Å². The Balaban J connectivity index is 1.68. The van der Waals surface area contributed by atoms with E-state index in [4.69, 9.17) is 16.3 Å². The fourth-order valence-electron chi connectivity index (χ4n) is 3.45. The molecule has 11 heteroatoms. The summed E-state index contributed by atoms with van der Waals surface area (Å²) >= 11 is 7.04. The van der Waals surface area contributed by atoms with Crippen molar-refractivity contribution >= 4 is 50.3 Å². The van der Waals surface area contributed by atoms with E-state index in [9.17, 15) is 18.0 Å². The molecule has 4 rings (SSSR count). The molecule has 2 aromatic carbocycles. The van der Waals surface area contributed by atoms with Gasteiger partial charge >= 0.3 is 0 Å². The van der Waals surface area contributed by atoms with E-state index in [0.717, 1.165) is 23.2 Å². The Morgan fingerprint density at radius 2 is 1.78 bits per heavy atom. The molecule has 190 valence electrons. The topological polar surface area (TPSA) is 114 Å². The maximum absolute atomic E-state index is 13.1. The zero-order valence-corrected chi connectivity index (χ0v) is 22.2. The highest BCUT2D eigenvalue weighted by molar-refractivity contribution is 7.90. The first-order valence-corrected chi connectivity index (χ1v) is 14.0. The maximum Gasteiger partial charge on any atom is 0.265 e. The summed E-state index contributed by atoms with van der Waals surface area (Å²) in [6.45, 7) is 0.295. The van der Waals surface area contributed by atoms with Gasteiger partial charge in [-0.25, -0.2) is 8.42 Å². The second kappa shape index (κ2) is 11.1. The van der Waals surface area contributed by atoms with Crippen LogP contribution in [0.25, 0.3) is 11.3 Å². The van der Waals surface area contributed by atoms with Crippen LogP contribution in [0.1, 0.15) is 24.9 Å². The monoisotopic (exact) mass is 555 g/mol. The molecule has 2 N–H and O–H groups in total. The molecule has 8 nitrogen and oxygen atoms in total. The maximum atomic E-state index is 13.1. The molecule has 0 fully saturated rings. The van der Waals surface area contributed by atoms with Crippen LogP contribution in [0.4, 0.5) is 5.69 Å². The Labute approximate surface area is 223 Å². The van der Waals surface area contributed by atoms with Gasteiger partial charge < -0.3 is 15.4 Å². The van der Waals surface area contributed by atoms with Crippen LogP contribution < -0.4 is 15.4 Å². The summed E-state index contributed by atoms with van der Waals surface area (Å²) < 4.78 is 29.9. The summed E-state index contributed by atoms with van der Waals surface area (Å²) in [6.07, 6.45) is 2.63. The van der Waals surface area contributed by atoms with Crippen molar-refractivity contribution in [3.8, 4) is 17.0 Å². The van der Waals surface area contributed by atoms with E-state index in [1.807, 2.05) is 30.3 Å². The minimum absolute atomic E-state index is 0.0260. The highest BCUT2D eigenvalue weighted by Crippen LogP contribution is 2.36. The van der Waals surface area contributed by atoms with Crippen LogP contribution in [0, 0.1) is 0 Å². The Morgan fingerprint density at radius 1 is 1.03 bits per heavy atom. The Bertz CT molecular complexity index is 1570. The second-order valence-corrected chi connectivity index (χ2v) is 11.5. The van der Waals surface area contributed by atoms with E-state index in [1.54, 1.807) is 24.4 Å². The number of hydrogen-bond donors (Lipinski definition) is 2. The van der Waals surface area contributed by atoms with Crippen molar-refractivity contribution in [2.75, 3.05) is 18.6 Å². The van der Waals surface area contributed by atoms with Crippen LogP contribution in [0.5, 0.6) is 5.75 Å². The number of carbonyl (C=O) groups is 2. The number of anilines is 1. The number of carbonyl (C=O) groups excluding carboxylic acids is 2. The number of aromatic nitrogens is 1. The van der Waals surface area contributed by atoms with Gasteiger partial charge in [0, 0.05) is 35.8 Å². The van der Waals surface area contributed by atoms with Crippen LogP contribution in [0.2, 0.25) is 5.02 Å². The third-order valence-corrected chi connectivity index (χ3v) is 7.65. The number of nitrogens with zero attached hydrogens (tertiary/aromatic N) is 1. The smallest absolute Gasteiger partial charge is 0.265 e. The molecule has 0 aliphatic carbocycles. The number of pyridine rings is 1. The number of ether oxygens (including phenoxy) is 1. The quantitative estimate of drug-likeness (QED) is 0.314. The van der Waals surface area contributed by atoms with Gasteiger partial charge in [-0.1, -0.05) is 41.9 Å². The summed E-state index contributed by atoms with van der Waals surface area (Å²) in [5, 5.41) is 5.41. The van der Waals surface area contributed by atoms with Crippen molar-refractivity contribution in [1.29, 1.82) is 0 Å². The molecule has 0 spiro atoms. The van der Waals surface area contributed by atoms with Gasteiger partial charge in [-0.15, -0.1) is 11.3 Å². The van der Waals surface area contributed by atoms with E-state index in [-0.39, 0.29) is 31.3 Å². The third-order valence-electron chi connectivity index (χ3n) is 5.21. The lowest BCUT2D eigenvalue weighted by Crippen LogP contribution is -2.17. The SMILES string of the molecule is CNC(=O)c1sc(C(=O)Nc2cc(Cl)cc(S(C)(=O)=O)c2)cc1-c1ncccc1OCc1ccccc1. The minimum Gasteiger partial charge on any atom is -0.487 e. The zero-order valence-electron chi connectivity index (χ0n) is 19.8. The highest BCUT2D eigenvalue weighted by Gasteiger charge is 2.24. The normalized spacial score (nSPS) is 11.1. The van der Waals surface area contributed by atoms with Crippen molar-refractivity contribution < 1.29 is 22.7 Å². The zero-order chi connectivity index (χ0) is 26.6. The first-order chi connectivity index (χ1) is 17.7. The molecule has 2 heterocycles. The summed E-state index contributed by atoms with van der Waals surface area (Å²) in [6, 6.07) is 18.7. The molecule has 2 amide bonds. The van der Waals surface area contributed by atoms with Crippen molar-refractivity contribution in [2.24, 2.45) is 0 Å². The molecule has 37 heavy (non-hydrogen) atoms. The summed E-state index contributed by atoms with van der Waals surface area (Å²) in [5.74, 6) is -0.472. The molecule has 2 aromatic heterocycles. The number of thiophene rings is 1. The summed E-state index contributed by atoms with van der Waals surface area (Å²) in [4.78, 5) is 30.7. The number of halogens is 1. The number of hydrogen-bond acceptors (Lipinski definition) is 7. The van der Waals surface area contributed by atoms with Crippen LogP contribution in [0.15, 0.2) is 77.8 Å². The Morgan fingerprint density at radius 3 is 2.49 bits per heavy atom. The average molecular weight is 556 g/mol. The lowest BCUT2D eigenvalue weighted by Gasteiger charge is -2.11. The lowest BCUT2D eigenvalue weighted by atomic mass is 10.1. The number of rotatable bonds is 8. The summed E-state index contributed by atoms with van der Waals surface area (Å²) in [5.41, 5.74) is 2.01. The van der Waals surface area contributed by atoms with Crippen molar-refractivity contribution in [3.63, 3.8) is 0 Å². The molecule has 0 atom stereocenters. The molecule has 0 radical (unpaired) electrons. The van der Waals surface area contributed by atoms with Gasteiger partial charge in [0.1, 0.15) is 22.9 Å². The van der Waals surface area contributed by atoms with Crippen molar-refractivity contribution in [1.82, 2.24) is 10.3 Å². The van der Waals surface area contributed by atoms with E-state index >= 15 is 0 Å². The van der Waals surface area contributed by atoms with Gasteiger partial charge in [-0.05, 0) is 42.0 Å². The molecule has 4 aromatic rings. The Hall–Kier alpha value is -3.73. The van der Waals surface area contributed by atoms with Gasteiger partial charge in [0.05, 0.1) is 9.77 Å². The molecule has 0 aliphatic rings. The molecule has 0 aliphatic heterocycles. The number of benzene rings is 2. The van der Waals surface area contributed by atoms with E-state index < -0.39 is 15.7 Å². The van der Waals surface area contributed by atoms with Crippen molar-refractivity contribution in [2.45, 2.75) is 11.5 Å². The lowest BCUT2D eigenvalue weighted by molar-refractivity contribution is 0.0967.